The standard InChI is InChI=1S/C19H31NO3/c1-7-9-10-11-19(5,23-8-2)18(21)20-16-12-14(3)17(22-6)15(4)13-16/h12-13H,7-11H2,1-6H3,(H,20,21)/t19-/m0/s1. The third kappa shape index (κ3) is 5.24. The van der Waals surface area contributed by atoms with Crippen molar-refractivity contribution < 1.29 is 14.3 Å². The van der Waals surface area contributed by atoms with Crippen LogP contribution in [0, 0.1) is 13.8 Å². The number of carbonyl (C=O) groups is 1. The molecule has 1 aromatic carbocycles. The number of benzene rings is 1. The van der Waals surface area contributed by atoms with E-state index in [1.54, 1.807) is 7.11 Å². The second kappa shape index (κ2) is 8.92. The summed E-state index contributed by atoms with van der Waals surface area (Å²) in [6.45, 7) is 10.4. The molecule has 0 radical (unpaired) electrons. The first-order valence-electron chi connectivity index (χ1n) is 8.48. The minimum absolute atomic E-state index is 0.0839. The lowest BCUT2D eigenvalue weighted by Gasteiger charge is -2.28. The Bertz CT molecular complexity index is 504. The van der Waals surface area contributed by atoms with Crippen LogP contribution in [0.4, 0.5) is 5.69 Å². The lowest BCUT2D eigenvalue weighted by Crippen LogP contribution is -2.42. The van der Waals surface area contributed by atoms with Gasteiger partial charge in [-0.2, -0.15) is 0 Å². The smallest absolute Gasteiger partial charge is 0.256 e. The van der Waals surface area contributed by atoms with E-state index in [-0.39, 0.29) is 5.91 Å². The molecule has 4 heteroatoms. The maximum Gasteiger partial charge on any atom is 0.256 e. The minimum atomic E-state index is -0.786. The third-order valence-electron chi connectivity index (χ3n) is 4.12. The molecule has 1 rings (SSSR count). The summed E-state index contributed by atoms with van der Waals surface area (Å²) in [6.07, 6.45) is 3.95. The molecule has 0 fully saturated rings. The van der Waals surface area contributed by atoms with Crippen molar-refractivity contribution in [3.8, 4) is 5.75 Å². The second-order valence-corrected chi connectivity index (χ2v) is 6.22. The van der Waals surface area contributed by atoms with E-state index < -0.39 is 5.60 Å². The molecule has 0 aliphatic rings. The fourth-order valence-electron chi connectivity index (χ4n) is 2.89. The zero-order valence-electron chi connectivity index (χ0n) is 15.4. The van der Waals surface area contributed by atoms with Crippen LogP contribution in [0.15, 0.2) is 12.1 Å². The van der Waals surface area contributed by atoms with Crippen molar-refractivity contribution in [2.75, 3.05) is 19.0 Å². The fourth-order valence-corrected chi connectivity index (χ4v) is 2.89. The quantitative estimate of drug-likeness (QED) is 0.675. The first-order valence-corrected chi connectivity index (χ1v) is 8.48. The van der Waals surface area contributed by atoms with Crippen molar-refractivity contribution in [2.45, 2.75) is 65.9 Å². The molecule has 1 N–H and O–H groups in total. The molecule has 0 aliphatic heterocycles. The average Bonchev–Trinajstić information content (AvgIpc) is 2.47. The van der Waals surface area contributed by atoms with Crippen molar-refractivity contribution in [1.29, 1.82) is 0 Å². The number of ether oxygens (including phenoxy) is 2. The predicted molar refractivity (Wildman–Crippen MR) is 95.3 cm³/mol. The topological polar surface area (TPSA) is 47.6 Å². The Kier molecular flexibility index (Phi) is 7.56. The number of methoxy groups -OCH3 is 1. The Morgan fingerprint density at radius 3 is 2.26 bits per heavy atom. The van der Waals surface area contributed by atoms with Gasteiger partial charge in [-0.15, -0.1) is 0 Å². The monoisotopic (exact) mass is 321 g/mol. The van der Waals surface area contributed by atoms with Gasteiger partial charge in [0.15, 0.2) is 0 Å². The summed E-state index contributed by atoms with van der Waals surface area (Å²) in [5.74, 6) is 0.776. The molecule has 0 heterocycles. The number of anilines is 1. The van der Waals surface area contributed by atoms with Crippen molar-refractivity contribution in [1.82, 2.24) is 0 Å². The zero-order chi connectivity index (χ0) is 17.5. The van der Waals surface area contributed by atoms with Crippen molar-refractivity contribution in [2.24, 2.45) is 0 Å². The summed E-state index contributed by atoms with van der Waals surface area (Å²) >= 11 is 0. The number of hydrogen-bond donors (Lipinski definition) is 1. The lowest BCUT2D eigenvalue weighted by molar-refractivity contribution is -0.139. The van der Waals surface area contributed by atoms with Gasteiger partial charge >= 0.3 is 0 Å². The molecule has 0 unspecified atom stereocenters. The van der Waals surface area contributed by atoms with Gasteiger partial charge in [-0.05, 0) is 57.4 Å². The van der Waals surface area contributed by atoms with E-state index in [4.69, 9.17) is 9.47 Å². The Morgan fingerprint density at radius 1 is 1.17 bits per heavy atom. The number of amides is 1. The van der Waals surface area contributed by atoms with Crippen LogP contribution < -0.4 is 10.1 Å². The molecule has 23 heavy (non-hydrogen) atoms. The van der Waals surface area contributed by atoms with E-state index in [2.05, 4.69) is 12.2 Å². The van der Waals surface area contributed by atoms with E-state index in [9.17, 15) is 4.79 Å². The normalized spacial score (nSPS) is 13.5. The fraction of sp³-hybridized carbons (Fsp3) is 0.632. The Morgan fingerprint density at radius 2 is 1.78 bits per heavy atom. The number of nitrogens with one attached hydrogen (secondary N) is 1. The number of rotatable bonds is 9. The van der Waals surface area contributed by atoms with E-state index in [0.717, 1.165) is 48.2 Å². The summed E-state index contributed by atoms with van der Waals surface area (Å²) in [7, 11) is 1.66. The van der Waals surface area contributed by atoms with E-state index in [1.807, 2.05) is 39.8 Å². The molecule has 0 aliphatic carbocycles. The van der Waals surface area contributed by atoms with Crippen LogP contribution in [0.2, 0.25) is 0 Å². The number of unbranched alkanes of at least 4 members (excludes halogenated alkanes) is 2. The van der Waals surface area contributed by atoms with E-state index >= 15 is 0 Å². The second-order valence-electron chi connectivity index (χ2n) is 6.22. The highest BCUT2D eigenvalue weighted by atomic mass is 16.5. The summed E-state index contributed by atoms with van der Waals surface area (Å²) in [5, 5.41) is 3.01. The van der Waals surface area contributed by atoms with Crippen LogP contribution in [0.3, 0.4) is 0 Å². The van der Waals surface area contributed by atoms with Crippen LogP contribution in [0.5, 0.6) is 5.75 Å². The lowest BCUT2D eigenvalue weighted by atomic mass is 9.96. The molecule has 1 amide bonds. The number of aryl methyl sites for hydroxylation is 2. The summed E-state index contributed by atoms with van der Waals surface area (Å²) in [4.78, 5) is 12.7. The highest BCUT2D eigenvalue weighted by molar-refractivity contribution is 5.97. The van der Waals surface area contributed by atoms with Crippen LogP contribution in [0.1, 0.15) is 57.6 Å². The zero-order valence-corrected chi connectivity index (χ0v) is 15.4. The van der Waals surface area contributed by atoms with Gasteiger partial charge in [0.25, 0.3) is 5.91 Å². The molecule has 0 bridgehead atoms. The van der Waals surface area contributed by atoms with Crippen molar-refractivity contribution in [3.63, 3.8) is 0 Å². The van der Waals surface area contributed by atoms with E-state index in [1.165, 1.54) is 0 Å². The van der Waals surface area contributed by atoms with Gasteiger partial charge < -0.3 is 14.8 Å². The molecular formula is C19H31NO3. The predicted octanol–water partition coefficient (Wildman–Crippen LogP) is 4.63. The summed E-state index contributed by atoms with van der Waals surface area (Å²) in [5.41, 5.74) is 2.01. The maximum absolute atomic E-state index is 12.7. The van der Waals surface area contributed by atoms with Crippen molar-refractivity contribution in [3.05, 3.63) is 23.3 Å². The Hall–Kier alpha value is -1.55. The SMILES string of the molecule is CCCCC[C@](C)(OCC)C(=O)Nc1cc(C)c(OC)c(C)c1. The van der Waals surface area contributed by atoms with Gasteiger partial charge in [-0.3, -0.25) is 4.79 Å². The molecule has 0 saturated heterocycles. The van der Waals surface area contributed by atoms with Gasteiger partial charge in [-0.1, -0.05) is 26.2 Å². The maximum atomic E-state index is 12.7. The summed E-state index contributed by atoms with van der Waals surface area (Å²) in [6, 6.07) is 3.87. The molecule has 1 aromatic rings. The van der Waals surface area contributed by atoms with Gasteiger partial charge in [0.05, 0.1) is 7.11 Å². The third-order valence-corrected chi connectivity index (χ3v) is 4.12. The average molecular weight is 321 g/mol. The van der Waals surface area contributed by atoms with Crippen LogP contribution in [-0.2, 0) is 9.53 Å². The molecule has 0 spiro atoms. The van der Waals surface area contributed by atoms with Crippen LogP contribution >= 0.6 is 0 Å². The molecule has 1 atom stereocenters. The highest BCUT2D eigenvalue weighted by Crippen LogP contribution is 2.28. The van der Waals surface area contributed by atoms with E-state index in [0.29, 0.717) is 6.61 Å². The largest absolute Gasteiger partial charge is 0.496 e. The summed E-state index contributed by atoms with van der Waals surface area (Å²) < 4.78 is 11.1. The Labute approximate surface area is 140 Å². The Balaban J connectivity index is 2.90. The molecular weight excluding hydrogens is 290 g/mol. The first-order chi connectivity index (χ1) is 10.9. The number of carbonyl (C=O) groups excluding carboxylic acids is 1. The molecule has 0 saturated carbocycles. The van der Waals surface area contributed by atoms with Gasteiger partial charge in [0, 0.05) is 12.3 Å². The van der Waals surface area contributed by atoms with Gasteiger partial charge in [0.1, 0.15) is 11.4 Å². The van der Waals surface area contributed by atoms with Gasteiger partial charge in [0.2, 0.25) is 0 Å². The highest BCUT2D eigenvalue weighted by Gasteiger charge is 2.33. The van der Waals surface area contributed by atoms with Crippen LogP contribution in [-0.4, -0.2) is 25.2 Å². The van der Waals surface area contributed by atoms with Crippen LogP contribution in [0.25, 0.3) is 0 Å². The first kappa shape index (κ1) is 19.5. The van der Waals surface area contributed by atoms with Crippen molar-refractivity contribution >= 4 is 11.6 Å². The number of hydrogen-bond acceptors (Lipinski definition) is 3. The van der Waals surface area contributed by atoms with Gasteiger partial charge in [-0.25, -0.2) is 0 Å². The molecule has 4 nitrogen and oxygen atoms in total. The molecule has 0 aromatic heterocycles. The minimum Gasteiger partial charge on any atom is -0.496 e. The molecule has 130 valence electrons.